The number of thioether (sulfide) groups is 1. The smallest absolute Gasteiger partial charge is 0.277 e. The zero-order valence-corrected chi connectivity index (χ0v) is 16.6. The Morgan fingerprint density at radius 1 is 1.19 bits per heavy atom. The van der Waals surface area contributed by atoms with Crippen molar-refractivity contribution >= 4 is 17.7 Å². The van der Waals surface area contributed by atoms with Crippen molar-refractivity contribution in [3.05, 3.63) is 24.3 Å². The number of rotatable bonds is 10. The summed E-state index contributed by atoms with van der Waals surface area (Å²) in [5, 5.41) is 11.4. The Balaban J connectivity index is 1.81. The highest BCUT2D eigenvalue weighted by Gasteiger charge is 2.13. The molecule has 26 heavy (non-hydrogen) atoms. The first kappa shape index (κ1) is 20.3. The van der Waals surface area contributed by atoms with Crippen LogP contribution in [-0.4, -0.2) is 34.5 Å². The van der Waals surface area contributed by atoms with E-state index >= 15 is 0 Å². The molecule has 0 bridgehead atoms. The third-order valence-corrected chi connectivity index (χ3v) is 4.55. The number of nitrogens with one attached hydrogen (secondary N) is 1. The SMILES string of the molecule is CCOc1ccc(-c2nnc(SCC(=O)N[C@H](C)CCC(C)C)o2)cc1. The van der Waals surface area contributed by atoms with Gasteiger partial charge < -0.3 is 14.5 Å². The van der Waals surface area contributed by atoms with Crippen molar-refractivity contribution in [1.82, 2.24) is 15.5 Å². The van der Waals surface area contributed by atoms with Gasteiger partial charge in [-0.1, -0.05) is 25.6 Å². The summed E-state index contributed by atoms with van der Waals surface area (Å²) >= 11 is 1.24. The Morgan fingerprint density at radius 3 is 2.58 bits per heavy atom. The molecule has 0 fully saturated rings. The average molecular weight is 378 g/mol. The van der Waals surface area contributed by atoms with Gasteiger partial charge in [-0.05, 0) is 56.9 Å². The molecular weight excluding hydrogens is 350 g/mol. The minimum absolute atomic E-state index is 0.0212. The Morgan fingerprint density at radius 2 is 1.92 bits per heavy atom. The van der Waals surface area contributed by atoms with E-state index in [0.29, 0.717) is 23.6 Å². The number of hydrogen-bond acceptors (Lipinski definition) is 6. The molecule has 0 saturated heterocycles. The molecule has 0 aliphatic heterocycles. The lowest BCUT2D eigenvalue weighted by atomic mass is 10.0. The van der Waals surface area contributed by atoms with Gasteiger partial charge in [0.2, 0.25) is 11.8 Å². The number of nitrogens with zero attached hydrogens (tertiary/aromatic N) is 2. The molecule has 1 atom stereocenters. The van der Waals surface area contributed by atoms with Gasteiger partial charge in [0.15, 0.2) is 0 Å². The first-order valence-electron chi connectivity index (χ1n) is 8.96. The lowest BCUT2D eigenvalue weighted by Crippen LogP contribution is -2.34. The van der Waals surface area contributed by atoms with Crippen molar-refractivity contribution in [2.24, 2.45) is 5.92 Å². The maximum Gasteiger partial charge on any atom is 0.277 e. The van der Waals surface area contributed by atoms with Crippen LogP contribution in [-0.2, 0) is 4.79 Å². The van der Waals surface area contributed by atoms with Crippen LogP contribution in [0.25, 0.3) is 11.5 Å². The predicted octanol–water partition coefficient (Wildman–Crippen LogP) is 4.17. The van der Waals surface area contributed by atoms with Crippen LogP contribution in [0.1, 0.15) is 40.5 Å². The van der Waals surface area contributed by atoms with Crippen molar-refractivity contribution in [1.29, 1.82) is 0 Å². The number of amides is 1. The minimum Gasteiger partial charge on any atom is -0.494 e. The summed E-state index contributed by atoms with van der Waals surface area (Å²) in [4.78, 5) is 12.0. The molecule has 0 radical (unpaired) electrons. The molecule has 6 nitrogen and oxygen atoms in total. The van der Waals surface area contributed by atoms with Crippen molar-refractivity contribution < 1.29 is 13.9 Å². The normalized spacial score (nSPS) is 12.2. The second kappa shape index (κ2) is 10.2. The van der Waals surface area contributed by atoms with Crippen molar-refractivity contribution in [3.63, 3.8) is 0 Å². The van der Waals surface area contributed by atoms with E-state index in [0.717, 1.165) is 24.2 Å². The second-order valence-electron chi connectivity index (χ2n) is 6.56. The first-order valence-corrected chi connectivity index (χ1v) is 9.95. The maximum absolute atomic E-state index is 12.0. The van der Waals surface area contributed by atoms with Gasteiger partial charge in [-0.2, -0.15) is 0 Å². The van der Waals surface area contributed by atoms with Gasteiger partial charge in [0, 0.05) is 11.6 Å². The van der Waals surface area contributed by atoms with Gasteiger partial charge in [0.25, 0.3) is 5.22 Å². The molecule has 1 aromatic heterocycles. The molecule has 1 N–H and O–H groups in total. The first-order chi connectivity index (χ1) is 12.5. The van der Waals surface area contributed by atoms with E-state index in [1.807, 2.05) is 38.1 Å². The van der Waals surface area contributed by atoms with E-state index in [4.69, 9.17) is 9.15 Å². The summed E-state index contributed by atoms with van der Waals surface area (Å²) < 4.78 is 11.0. The van der Waals surface area contributed by atoms with E-state index in [1.165, 1.54) is 11.8 Å². The van der Waals surface area contributed by atoms with Crippen LogP contribution >= 0.6 is 11.8 Å². The largest absolute Gasteiger partial charge is 0.494 e. The van der Waals surface area contributed by atoms with Crippen LogP contribution in [0.5, 0.6) is 5.75 Å². The van der Waals surface area contributed by atoms with Gasteiger partial charge in [0.1, 0.15) is 5.75 Å². The molecule has 2 rings (SSSR count). The van der Waals surface area contributed by atoms with Crippen LogP contribution in [0.15, 0.2) is 33.9 Å². The highest BCUT2D eigenvalue weighted by molar-refractivity contribution is 7.99. The number of hydrogen-bond donors (Lipinski definition) is 1. The van der Waals surface area contributed by atoms with Crippen LogP contribution in [0.2, 0.25) is 0 Å². The Hall–Kier alpha value is -2.02. The maximum atomic E-state index is 12.0. The molecule has 2 aromatic rings. The number of benzene rings is 1. The fraction of sp³-hybridized carbons (Fsp3) is 0.526. The molecule has 0 aliphatic rings. The molecule has 0 saturated carbocycles. The molecule has 0 unspecified atom stereocenters. The molecule has 1 amide bonds. The number of ether oxygens (including phenoxy) is 1. The Bertz CT molecular complexity index is 686. The molecule has 0 spiro atoms. The van der Waals surface area contributed by atoms with Gasteiger partial charge >= 0.3 is 0 Å². The second-order valence-corrected chi connectivity index (χ2v) is 7.49. The summed E-state index contributed by atoms with van der Waals surface area (Å²) in [5.74, 6) is 2.11. The highest BCUT2D eigenvalue weighted by atomic mass is 32.2. The number of carbonyl (C=O) groups is 1. The summed E-state index contributed by atoms with van der Waals surface area (Å²) in [6, 6.07) is 7.64. The molecular formula is C19H27N3O3S. The van der Waals surface area contributed by atoms with E-state index in [-0.39, 0.29) is 17.7 Å². The zero-order chi connectivity index (χ0) is 18.9. The van der Waals surface area contributed by atoms with Gasteiger partial charge in [0.05, 0.1) is 12.4 Å². The third kappa shape index (κ3) is 6.71. The summed E-state index contributed by atoms with van der Waals surface area (Å²) in [7, 11) is 0. The van der Waals surface area contributed by atoms with Crippen LogP contribution < -0.4 is 10.1 Å². The zero-order valence-electron chi connectivity index (χ0n) is 15.8. The molecule has 7 heteroatoms. The minimum atomic E-state index is -0.0212. The molecule has 1 heterocycles. The molecule has 1 aromatic carbocycles. The fourth-order valence-electron chi connectivity index (χ4n) is 2.34. The van der Waals surface area contributed by atoms with Crippen LogP contribution in [0.4, 0.5) is 0 Å². The fourth-order valence-corrected chi connectivity index (χ4v) is 2.92. The molecule has 0 aliphatic carbocycles. The van der Waals surface area contributed by atoms with E-state index in [2.05, 4.69) is 29.4 Å². The van der Waals surface area contributed by atoms with Gasteiger partial charge in [-0.3, -0.25) is 4.79 Å². The van der Waals surface area contributed by atoms with Crippen LogP contribution in [0.3, 0.4) is 0 Å². The monoisotopic (exact) mass is 377 g/mol. The summed E-state index contributed by atoms with van der Waals surface area (Å²) in [6.45, 7) is 8.96. The van der Waals surface area contributed by atoms with E-state index in [9.17, 15) is 4.79 Å². The summed E-state index contributed by atoms with van der Waals surface area (Å²) in [6.07, 6.45) is 2.08. The quantitative estimate of drug-likeness (QED) is 0.626. The average Bonchev–Trinajstić information content (AvgIpc) is 3.08. The van der Waals surface area contributed by atoms with E-state index in [1.54, 1.807) is 0 Å². The summed E-state index contributed by atoms with van der Waals surface area (Å²) in [5.41, 5.74) is 0.819. The van der Waals surface area contributed by atoms with Gasteiger partial charge in [-0.15, -0.1) is 10.2 Å². The lowest BCUT2D eigenvalue weighted by Gasteiger charge is -2.14. The van der Waals surface area contributed by atoms with Gasteiger partial charge in [-0.25, -0.2) is 0 Å². The van der Waals surface area contributed by atoms with Crippen molar-refractivity contribution in [2.45, 2.75) is 51.8 Å². The predicted molar refractivity (Wildman–Crippen MR) is 103 cm³/mol. The number of aromatic nitrogens is 2. The third-order valence-electron chi connectivity index (χ3n) is 3.73. The van der Waals surface area contributed by atoms with Crippen molar-refractivity contribution in [2.75, 3.05) is 12.4 Å². The Kier molecular flexibility index (Phi) is 7.97. The van der Waals surface area contributed by atoms with Crippen molar-refractivity contribution in [3.8, 4) is 17.2 Å². The molecule has 142 valence electrons. The highest BCUT2D eigenvalue weighted by Crippen LogP contribution is 2.24. The van der Waals surface area contributed by atoms with Crippen LogP contribution in [0, 0.1) is 5.92 Å². The van der Waals surface area contributed by atoms with E-state index < -0.39 is 0 Å². The number of carbonyl (C=O) groups excluding carboxylic acids is 1. The lowest BCUT2D eigenvalue weighted by molar-refractivity contribution is -0.119. The Labute approximate surface area is 159 Å². The topological polar surface area (TPSA) is 77.2 Å². The standard InChI is InChI=1S/C19H27N3O3S/c1-5-24-16-10-8-15(9-11-16)18-21-22-19(25-18)26-12-17(23)20-14(4)7-6-13(2)3/h8-11,13-14H,5-7,12H2,1-4H3,(H,20,23)/t14-/m1/s1.